The van der Waals surface area contributed by atoms with Gasteiger partial charge >= 0.3 is 5.97 Å². The summed E-state index contributed by atoms with van der Waals surface area (Å²) in [5.74, 6) is -0.502. The van der Waals surface area contributed by atoms with Gasteiger partial charge in [0, 0.05) is 30.4 Å². The Labute approximate surface area is 193 Å². The molecule has 0 spiro atoms. The normalized spacial score (nSPS) is 20.1. The molecule has 0 bridgehead atoms. The predicted octanol–water partition coefficient (Wildman–Crippen LogP) is 3.47. The maximum absolute atomic E-state index is 13.2. The van der Waals surface area contributed by atoms with Gasteiger partial charge in [0.25, 0.3) is 0 Å². The van der Waals surface area contributed by atoms with Crippen LogP contribution in [0, 0.1) is 5.92 Å². The second-order valence-corrected chi connectivity index (χ2v) is 11.1. The summed E-state index contributed by atoms with van der Waals surface area (Å²) in [6, 6.07) is 7.98. The number of nitrogens with zero attached hydrogens (tertiary/aromatic N) is 2. The van der Waals surface area contributed by atoms with Gasteiger partial charge in [0.2, 0.25) is 15.9 Å². The van der Waals surface area contributed by atoms with E-state index in [9.17, 15) is 18.0 Å². The molecule has 2 aromatic rings. The van der Waals surface area contributed by atoms with Crippen LogP contribution in [0.3, 0.4) is 0 Å². The maximum Gasteiger partial charge on any atom is 0.338 e. The lowest BCUT2D eigenvalue weighted by Crippen LogP contribution is -2.46. The lowest BCUT2D eigenvalue weighted by molar-refractivity contribution is -0.139. The van der Waals surface area contributed by atoms with E-state index in [4.69, 9.17) is 4.74 Å². The molecule has 2 aliphatic rings. The third kappa shape index (κ3) is 4.33. The maximum atomic E-state index is 13.2. The van der Waals surface area contributed by atoms with Crippen molar-refractivity contribution in [2.24, 2.45) is 5.92 Å². The summed E-state index contributed by atoms with van der Waals surface area (Å²) >= 11 is 1.75. The van der Waals surface area contributed by atoms with E-state index in [1.165, 1.54) is 39.0 Å². The molecule has 1 fully saturated rings. The van der Waals surface area contributed by atoms with Crippen LogP contribution in [0.2, 0.25) is 0 Å². The van der Waals surface area contributed by atoms with Gasteiger partial charge in [-0.2, -0.15) is 4.31 Å². The number of fused-ring (bicyclic) bond motifs is 1. The number of hydrogen-bond acceptors (Lipinski definition) is 6. The topological polar surface area (TPSA) is 84.0 Å². The zero-order valence-electron chi connectivity index (χ0n) is 18.3. The van der Waals surface area contributed by atoms with Gasteiger partial charge in [-0.1, -0.05) is 0 Å². The van der Waals surface area contributed by atoms with Crippen LogP contribution in [-0.4, -0.2) is 55.7 Å². The Morgan fingerprint density at radius 1 is 1.09 bits per heavy atom. The Hall–Kier alpha value is -2.23. The third-order valence-corrected chi connectivity index (χ3v) is 9.28. The Balaban J connectivity index is 1.39. The molecule has 0 unspecified atom stereocenters. The standard InChI is InChI=1S/C23H28N2O5S2/c1-3-30-23(27)18-4-6-19(7-5-18)32(28,29)24-12-8-17(9-13-24)22(26)25-14-10-21-20(16(25)2)11-15-31-21/h4-7,11,15-17H,3,8-10,12-14H2,1-2H3/t16-/m0/s1. The third-order valence-electron chi connectivity index (χ3n) is 6.37. The summed E-state index contributed by atoms with van der Waals surface area (Å²) in [4.78, 5) is 28.4. The number of hydrogen-bond donors (Lipinski definition) is 0. The molecule has 1 aromatic heterocycles. The minimum Gasteiger partial charge on any atom is -0.462 e. The molecule has 1 amide bonds. The van der Waals surface area contributed by atoms with Crippen molar-refractivity contribution in [3.8, 4) is 0 Å². The highest BCUT2D eigenvalue weighted by atomic mass is 32.2. The number of carbonyl (C=O) groups is 2. The van der Waals surface area contributed by atoms with Gasteiger partial charge in [0.1, 0.15) is 0 Å². The van der Waals surface area contributed by atoms with Crippen LogP contribution in [0.5, 0.6) is 0 Å². The Morgan fingerprint density at radius 2 is 1.78 bits per heavy atom. The van der Waals surface area contributed by atoms with Gasteiger partial charge < -0.3 is 9.64 Å². The molecule has 7 nitrogen and oxygen atoms in total. The fourth-order valence-corrected chi connectivity index (χ4v) is 6.95. The van der Waals surface area contributed by atoms with E-state index in [-0.39, 0.29) is 29.4 Å². The van der Waals surface area contributed by atoms with Crippen LogP contribution in [0.25, 0.3) is 0 Å². The molecule has 3 heterocycles. The first-order valence-corrected chi connectivity index (χ1v) is 13.3. The first-order valence-electron chi connectivity index (χ1n) is 11.0. The number of piperidine rings is 1. The zero-order valence-corrected chi connectivity index (χ0v) is 20.0. The van der Waals surface area contributed by atoms with E-state index in [0.717, 1.165) is 13.0 Å². The van der Waals surface area contributed by atoms with Gasteiger partial charge in [0.05, 0.1) is 23.1 Å². The average Bonchev–Trinajstić information content (AvgIpc) is 3.29. The van der Waals surface area contributed by atoms with Gasteiger partial charge in [-0.15, -0.1) is 11.3 Å². The van der Waals surface area contributed by atoms with Crippen molar-refractivity contribution < 1.29 is 22.7 Å². The van der Waals surface area contributed by atoms with E-state index in [2.05, 4.69) is 18.4 Å². The second kappa shape index (κ2) is 9.33. The van der Waals surface area contributed by atoms with Crippen LogP contribution in [0.4, 0.5) is 0 Å². The molecule has 0 radical (unpaired) electrons. The summed E-state index contributed by atoms with van der Waals surface area (Å²) < 4.78 is 32.5. The number of amides is 1. The first-order chi connectivity index (χ1) is 15.3. The SMILES string of the molecule is CCOC(=O)c1ccc(S(=O)(=O)N2CCC(C(=O)N3CCc4sccc4[C@@H]3C)CC2)cc1. The minimum atomic E-state index is -3.68. The zero-order chi connectivity index (χ0) is 22.9. The Morgan fingerprint density at radius 3 is 2.44 bits per heavy atom. The van der Waals surface area contributed by atoms with Crippen molar-refractivity contribution in [1.29, 1.82) is 0 Å². The van der Waals surface area contributed by atoms with E-state index in [1.54, 1.807) is 18.3 Å². The fourth-order valence-electron chi connectivity index (χ4n) is 4.51. The van der Waals surface area contributed by atoms with E-state index in [1.807, 2.05) is 4.90 Å². The lowest BCUT2D eigenvalue weighted by Gasteiger charge is -2.38. The molecule has 1 saturated heterocycles. The quantitative estimate of drug-likeness (QED) is 0.617. The molecule has 1 aromatic carbocycles. The number of sulfonamides is 1. The van der Waals surface area contributed by atoms with Crippen LogP contribution in [-0.2, 0) is 26.0 Å². The largest absolute Gasteiger partial charge is 0.462 e. The van der Waals surface area contributed by atoms with Crippen molar-refractivity contribution in [3.63, 3.8) is 0 Å². The van der Waals surface area contributed by atoms with E-state index in [0.29, 0.717) is 31.5 Å². The monoisotopic (exact) mass is 476 g/mol. The number of rotatable bonds is 5. The summed E-state index contributed by atoms with van der Waals surface area (Å²) in [7, 11) is -3.68. The smallest absolute Gasteiger partial charge is 0.338 e. The summed E-state index contributed by atoms with van der Waals surface area (Å²) in [5, 5.41) is 2.08. The van der Waals surface area contributed by atoms with Gasteiger partial charge in [-0.3, -0.25) is 4.79 Å². The molecular weight excluding hydrogens is 448 g/mol. The molecule has 172 valence electrons. The molecule has 0 N–H and O–H groups in total. The van der Waals surface area contributed by atoms with Crippen LogP contribution >= 0.6 is 11.3 Å². The van der Waals surface area contributed by atoms with Gasteiger partial charge in [0.15, 0.2) is 0 Å². The number of benzene rings is 1. The fraction of sp³-hybridized carbons (Fsp3) is 0.478. The number of carbonyl (C=O) groups excluding carboxylic acids is 2. The van der Waals surface area contributed by atoms with E-state index >= 15 is 0 Å². The van der Waals surface area contributed by atoms with Gasteiger partial charge in [-0.25, -0.2) is 13.2 Å². The highest BCUT2D eigenvalue weighted by Crippen LogP contribution is 2.35. The molecule has 32 heavy (non-hydrogen) atoms. The average molecular weight is 477 g/mol. The number of thiophene rings is 1. The molecule has 0 saturated carbocycles. The van der Waals surface area contributed by atoms with Crippen molar-refractivity contribution in [2.45, 2.75) is 44.0 Å². The highest BCUT2D eigenvalue weighted by molar-refractivity contribution is 7.89. The summed E-state index contributed by atoms with van der Waals surface area (Å²) in [6.45, 7) is 5.39. The molecule has 9 heteroatoms. The minimum absolute atomic E-state index is 0.0668. The van der Waals surface area contributed by atoms with Crippen molar-refractivity contribution in [3.05, 3.63) is 51.7 Å². The van der Waals surface area contributed by atoms with Crippen molar-refractivity contribution in [2.75, 3.05) is 26.2 Å². The highest BCUT2D eigenvalue weighted by Gasteiger charge is 2.36. The van der Waals surface area contributed by atoms with Crippen LogP contribution in [0.15, 0.2) is 40.6 Å². The molecule has 2 aliphatic heterocycles. The van der Waals surface area contributed by atoms with Crippen molar-refractivity contribution in [1.82, 2.24) is 9.21 Å². The second-order valence-electron chi connectivity index (χ2n) is 8.18. The molecule has 1 atom stereocenters. The molecule has 0 aliphatic carbocycles. The first kappa shape index (κ1) is 22.9. The number of ether oxygens (including phenoxy) is 1. The predicted molar refractivity (Wildman–Crippen MR) is 122 cm³/mol. The summed E-state index contributed by atoms with van der Waals surface area (Å²) in [6.07, 6.45) is 1.91. The van der Waals surface area contributed by atoms with E-state index < -0.39 is 16.0 Å². The number of esters is 1. The van der Waals surface area contributed by atoms with Gasteiger partial charge in [-0.05, 0) is 74.4 Å². The lowest BCUT2D eigenvalue weighted by atomic mass is 9.93. The van der Waals surface area contributed by atoms with Crippen LogP contribution < -0.4 is 0 Å². The summed E-state index contributed by atoms with van der Waals surface area (Å²) in [5.41, 5.74) is 1.56. The molecule has 4 rings (SSSR count). The molecular formula is C23H28N2O5S2. The van der Waals surface area contributed by atoms with Crippen molar-refractivity contribution >= 4 is 33.2 Å². The Bertz CT molecular complexity index is 1090. The Kier molecular flexibility index (Phi) is 6.69. The van der Waals surface area contributed by atoms with Crippen LogP contribution in [0.1, 0.15) is 53.5 Å².